The zero-order chi connectivity index (χ0) is 0. The monoisotopic (exact) mass is 462 g/mol. The summed E-state index contributed by atoms with van der Waals surface area (Å²) in [5.74, 6) is 0. The van der Waals surface area contributed by atoms with Crippen LogP contribution in [0.1, 0.15) is 0 Å². The molecule has 0 unspecified atom stereocenters. The normalized spacial score (nSPS) is 0. The Morgan fingerprint density at radius 3 is 0.600 bits per heavy atom. The zero-order valence-corrected chi connectivity index (χ0v) is 9.85. The van der Waals surface area contributed by atoms with Crippen molar-refractivity contribution < 1.29 is 89.0 Å². The van der Waals surface area contributed by atoms with Gasteiger partial charge in [-0.1, -0.05) is 0 Å². The van der Waals surface area contributed by atoms with Gasteiger partial charge in [0.2, 0.25) is 0 Å². The van der Waals surface area contributed by atoms with Gasteiger partial charge in [0.15, 0.2) is 0 Å². The topological polar surface area (TPSA) is 36.5 Å². The summed E-state index contributed by atoms with van der Waals surface area (Å²) in [5, 5.41) is 0. The molecule has 4 N–H and O–H groups in total. The van der Waals surface area contributed by atoms with Crippen molar-refractivity contribution in [3.8, 4) is 0 Å². The van der Waals surface area contributed by atoms with E-state index in [1.54, 1.807) is 0 Å². The van der Waals surface area contributed by atoms with E-state index in [0.717, 1.165) is 0 Å². The molecule has 1 nitrogen and oxygen atoms in total. The first-order valence-electron chi connectivity index (χ1n) is 0. The minimum Gasteiger partial charge on any atom is -1.00 e. The average Bonchev–Trinajstić information content (AvgIpc) is 0. The Balaban J connectivity index is 0. The van der Waals surface area contributed by atoms with Crippen molar-refractivity contribution in [3.05, 3.63) is 0 Å². The molecule has 0 heterocycles. The van der Waals surface area contributed by atoms with Crippen LogP contribution in [-0.2, 0) is 17.1 Å². The van der Waals surface area contributed by atoms with Gasteiger partial charge in [0, 0.05) is 0 Å². The number of hydrogen-bond acceptors (Lipinski definition) is 0. The van der Waals surface area contributed by atoms with Crippen molar-refractivity contribution in [1.82, 2.24) is 6.15 Å². The van der Waals surface area contributed by atoms with Crippen LogP contribution < -0.4 is 78.1 Å². The molecule has 0 fully saturated rings. The van der Waals surface area contributed by atoms with Crippen LogP contribution in [0.15, 0.2) is 0 Å². The van der Waals surface area contributed by atoms with E-state index < -0.39 is 0 Å². The standard InChI is InChI=1S/Cu.3HI.H3N/h;3*1H;1H3/q+2;;;;/p-2. The Hall–Kier alpha value is 2.67. The van der Waals surface area contributed by atoms with E-state index in [4.69, 9.17) is 0 Å². The van der Waals surface area contributed by atoms with Crippen LogP contribution in [0.2, 0.25) is 0 Å². The predicted molar refractivity (Wildman–Crippen MR) is 5.98 cm³/mol. The second-order valence-corrected chi connectivity index (χ2v) is 0. The zero-order valence-electron chi connectivity index (χ0n) is 2.44. The molecule has 5 heteroatoms. The number of halogens is 3. The summed E-state index contributed by atoms with van der Waals surface area (Å²) in [7, 11) is 0. The van der Waals surface area contributed by atoms with Crippen LogP contribution in [0.3, 0.4) is 0 Å². The quantitative estimate of drug-likeness (QED) is 0.275. The van der Waals surface area contributed by atoms with Gasteiger partial charge in [-0.25, -0.2) is 0 Å². The second kappa shape index (κ2) is 30.1. The fraction of sp³-hybridized carbons (Fsp3) is 0. The Labute approximate surface area is 93.5 Å². The summed E-state index contributed by atoms with van der Waals surface area (Å²) in [6, 6.07) is 0. The van der Waals surface area contributed by atoms with Crippen molar-refractivity contribution >= 4 is 0 Å². The molecule has 1 radical (unpaired) electrons. The van der Waals surface area contributed by atoms with E-state index >= 15 is 0 Å². The summed E-state index contributed by atoms with van der Waals surface area (Å²) in [4.78, 5) is 0. The maximum atomic E-state index is 0. The summed E-state index contributed by atoms with van der Waals surface area (Å²) < 4.78 is 0. The van der Waals surface area contributed by atoms with E-state index in [1.165, 1.54) is 0 Å². The fourth-order valence-electron chi connectivity index (χ4n) is 0. The van der Waals surface area contributed by atoms with Gasteiger partial charge in [-0.3, -0.25) is 0 Å². The SMILES string of the molecule is [Cu+2].[I-].[I-].[I-].[NH4+]. The predicted octanol–water partition coefficient (Wildman–Crippen LogP) is -8.61. The Bertz CT molecular complexity index is 6.85. The van der Waals surface area contributed by atoms with Crippen LogP contribution in [0, 0.1) is 0 Å². The molecule has 0 spiro atoms. The maximum Gasteiger partial charge on any atom is 2.00 e. The Kier molecular flexibility index (Phi) is 288. The van der Waals surface area contributed by atoms with E-state index in [1.807, 2.05) is 0 Å². The number of rotatable bonds is 0. The van der Waals surface area contributed by atoms with Gasteiger partial charge in [0.05, 0.1) is 0 Å². The molecule has 0 saturated carbocycles. The third-order valence-electron chi connectivity index (χ3n) is 0. The molecule has 0 amide bonds. The first kappa shape index (κ1) is 47.9. The number of quaternary nitrogens is 1. The first-order valence-corrected chi connectivity index (χ1v) is 0. The van der Waals surface area contributed by atoms with Gasteiger partial charge in [-0.2, -0.15) is 0 Å². The fourth-order valence-corrected chi connectivity index (χ4v) is 0. The van der Waals surface area contributed by atoms with Gasteiger partial charge in [0.25, 0.3) is 0 Å². The molecule has 0 saturated heterocycles. The molecule has 5 heavy (non-hydrogen) atoms. The molecule has 0 aromatic rings. The minimum absolute atomic E-state index is 0. The summed E-state index contributed by atoms with van der Waals surface area (Å²) in [6.45, 7) is 0. The summed E-state index contributed by atoms with van der Waals surface area (Å²) >= 11 is 0. The van der Waals surface area contributed by atoms with Crippen molar-refractivity contribution in [3.63, 3.8) is 0 Å². The molecule has 0 aromatic heterocycles. The van der Waals surface area contributed by atoms with Crippen molar-refractivity contribution in [1.29, 1.82) is 0 Å². The van der Waals surface area contributed by atoms with Gasteiger partial charge in [0.1, 0.15) is 0 Å². The van der Waals surface area contributed by atoms with Gasteiger partial charge >= 0.3 is 17.1 Å². The summed E-state index contributed by atoms with van der Waals surface area (Å²) in [6.07, 6.45) is 0. The number of hydrogen-bond donors (Lipinski definition) is 1. The minimum atomic E-state index is 0. The molecule has 0 aliphatic rings. The maximum absolute atomic E-state index is 0. The first-order chi connectivity index (χ1) is 0. The van der Waals surface area contributed by atoms with Crippen LogP contribution in [0.4, 0.5) is 0 Å². The molecular weight excluding hydrogens is 458 g/mol. The van der Waals surface area contributed by atoms with Gasteiger partial charge < -0.3 is 78.1 Å². The smallest absolute Gasteiger partial charge is 1.00 e. The third-order valence-corrected chi connectivity index (χ3v) is 0. The molecule has 0 aromatic carbocycles. The van der Waals surface area contributed by atoms with Gasteiger partial charge in [-0.15, -0.1) is 0 Å². The molecular formula is H4CuI3N. The molecule has 0 bridgehead atoms. The molecule has 0 atom stereocenters. The van der Waals surface area contributed by atoms with Gasteiger partial charge in [-0.05, 0) is 0 Å². The van der Waals surface area contributed by atoms with Crippen LogP contribution in [0.5, 0.6) is 0 Å². The Morgan fingerprint density at radius 2 is 0.600 bits per heavy atom. The second-order valence-electron chi connectivity index (χ2n) is 0. The van der Waals surface area contributed by atoms with E-state index in [-0.39, 0.29) is 95.1 Å². The van der Waals surface area contributed by atoms with Crippen LogP contribution in [0.25, 0.3) is 0 Å². The van der Waals surface area contributed by atoms with Crippen LogP contribution >= 0.6 is 0 Å². The van der Waals surface area contributed by atoms with E-state index in [0.29, 0.717) is 0 Å². The average molecular weight is 462 g/mol. The van der Waals surface area contributed by atoms with E-state index in [2.05, 4.69) is 0 Å². The molecule has 41 valence electrons. The van der Waals surface area contributed by atoms with Crippen LogP contribution in [-0.4, -0.2) is 0 Å². The van der Waals surface area contributed by atoms with Crippen molar-refractivity contribution in [2.45, 2.75) is 0 Å². The van der Waals surface area contributed by atoms with E-state index in [9.17, 15) is 0 Å². The largest absolute Gasteiger partial charge is 2.00 e. The third kappa shape index (κ3) is 20.4. The Morgan fingerprint density at radius 1 is 0.600 bits per heavy atom. The molecule has 0 aliphatic heterocycles. The van der Waals surface area contributed by atoms with Crippen molar-refractivity contribution in [2.24, 2.45) is 0 Å². The van der Waals surface area contributed by atoms with Crippen molar-refractivity contribution in [2.75, 3.05) is 0 Å². The molecule has 0 rings (SSSR count). The summed E-state index contributed by atoms with van der Waals surface area (Å²) in [5.41, 5.74) is 0. The molecule has 0 aliphatic carbocycles.